The molecule has 0 bridgehead atoms. The molecule has 0 atom stereocenters. The number of carboxylic acid groups (broad SMARTS) is 1. The topological polar surface area (TPSA) is 92.4 Å². The highest BCUT2D eigenvalue weighted by molar-refractivity contribution is 9.10. The quantitative estimate of drug-likeness (QED) is 0.801. The van der Waals surface area contributed by atoms with Crippen LogP contribution in [0.15, 0.2) is 46.9 Å². The number of carbonyl (C=O) groups excluding carboxylic acids is 1. The van der Waals surface area contributed by atoms with Gasteiger partial charge in [-0.25, -0.2) is 4.79 Å². The Bertz CT molecular complexity index is 669. The molecule has 0 aliphatic rings. The Hall–Kier alpha value is -2.34. The Kier molecular flexibility index (Phi) is 4.05. The average Bonchev–Trinajstić information content (AvgIpc) is 2.39. The lowest BCUT2D eigenvalue weighted by Crippen LogP contribution is -2.11. The van der Waals surface area contributed by atoms with Gasteiger partial charge in [-0.1, -0.05) is 0 Å². The summed E-state index contributed by atoms with van der Waals surface area (Å²) in [6.45, 7) is 0. The van der Waals surface area contributed by atoms with Crippen LogP contribution in [-0.2, 0) is 0 Å². The summed E-state index contributed by atoms with van der Waals surface area (Å²) >= 11 is 3.27. The van der Waals surface area contributed by atoms with E-state index in [1.807, 2.05) is 0 Å². The van der Waals surface area contributed by atoms with Crippen LogP contribution < -0.4 is 11.1 Å². The molecule has 0 spiro atoms. The zero-order valence-electron chi connectivity index (χ0n) is 10.3. The molecule has 0 aliphatic heterocycles. The first-order valence-corrected chi connectivity index (χ1v) is 6.46. The van der Waals surface area contributed by atoms with Crippen molar-refractivity contribution in [1.29, 1.82) is 0 Å². The maximum atomic E-state index is 11.1. The molecular formula is C14H11BrN2O3. The van der Waals surface area contributed by atoms with Crippen LogP contribution in [0.25, 0.3) is 0 Å². The van der Waals surface area contributed by atoms with Crippen LogP contribution >= 0.6 is 15.9 Å². The molecule has 6 heteroatoms. The van der Waals surface area contributed by atoms with Crippen molar-refractivity contribution in [3.8, 4) is 0 Å². The van der Waals surface area contributed by atoms with Crippen LogP contribution in [0.4, 0.5) is 11.4 Å². The number of hydrogen-bond acceptors (Lipinski definition) is 3. The molecule has 2 aromatic rings. The molecule has 2 rings (SSSR count). The van der Waals surface area contributed by atoms with Gasteiger partial charge in [0.05, 0.1) is 11.1 Å². The average molecular weight is 335 g/mol. The maximum absolute atomic E-state index is 11.1. The summed E-state index contributed by atoms with van der Waals surface area (Å²) in [7, 11) is 0. The molecule has 0 heterocycles. The van der Waals surface area contributed by atoms with Crippen molar-refractivity contribution in [1.82, 2.24) is 0 Å². The molecule has 2 aromatic carbocycles. The minimum absolute atomic E-state index is 0.223. The molecule has 4 N–H and O–H groups in total. The number of hydrogen-bond donors (Lipinski definition) is 3. The van der Waals surface area contributed by atoms with Crippen molar-refractivity contribution in [2.45, 2.75) is 0 Å². The van der Waals surface area contributed by atoms with Gasteiger partial charge in [-0.2, -0.15) is 0 Å². The highest BCUT2D eigenvalue weighted by Crippen LogP contribution is 2.24. The summed E-state index contributed by atoms with van der Waals surface area (Å²) in [6, 6.07) is 11.4. The van der Waals surface area contributed by atoms with E-state index in [-0.39, 0.29) is 5.56 Å². The van der Waals surface area contributed by atoms with Gasteiger partial charge in [0, 0.05) is 15.8 Å². The normalized spacial score (nSPS) is 10.1. The van der Waals surface area contributed by atoms with E-state index >= 15 is 0 Å². The second kappa shape index (κ2) is 5.75. The first-order chi connectivity index (χ1) is 9.47. The van der Waals surface area contributed by atoms with E-state index < -0.39 is 11.9 Å². The fourth-order valence-electron chi connectivity index (χ4n) is 1.66. The van der Waals surface area contributed by atoms with Gasteiger partial charge in [-0.3, -0.25) is 4.79 Å². The Labute approximate surface area is 123 Å². The molecule has 0 saturated heterocycles. The van der Waals surface area contributed by atoms with E-state index in [9.17, 15) is 9.59 Å². The van der Waals surface area contributed by atoms with Crippen LogP contribution in [-0.4, -0.2) is 17.0 Å². The van der Waals surface area contributed by atoms with E-state index in [0.717, 1.165) is 11.4 Å². The number of carbonyl (C=O) groups is 2. The summed E-state index contributed by atoms with van der Waals surface area (Å²) in [5.74, 6) is -1.47. The highest BCUT2D eigenvalue weighted by Gasteiger charge is 2.07. The van der Waals surface area contributed by atoms with Gasteiger partial charge in [0.25, 0.3) is 0 Å². The van der Waals surface area contributed by atoms with E-state index in [0.29, 0.717) is 10.0 Å². The minimum atomic E-state index is -0.967. The molecule has 1 amide bonds. The molecule has 0 radical (unpaired) electrons. The minimum Gasteiger partial charge on any atom is -0.478 e. The molecule has 0 fully saturated rings. The number of carboxylic acids is 1. The van der Waals surface area contributed by atoms with Crippen LogP contribution in [0, 0.1) is 0 Å². The number of nitrogens with one attached hydrogen (secondary N) is 1. The van der Waals surface area contributed by atoms with Crippen molar-refractivity contribution in [2.75, 3.05) is 5.32 Å². The zero-order valence-corrected chi connectivity index (χ0v) is 11.8. The number of rotatable bonds is 4. The van der Waals surface area contributed by atoms with Crippen LogP contribution in [0.1, 0.15) is 20.7 Å². The molecule has 0 aromatic heterocycles. The Morgan fingerprint density at radius 2 is 1.65 bits per heavy atom. The summed E-state index contributed by atoms with van der Waals surface area (Å²) in [6.07, 6.45) is 0. The number of aromatic carboxylic acids is 1. The van der Waals surface area contributed by atoms with Gasteiger partial charge < -0.3 is 16.2 Å². The summed E-state index contributed by atoms with van der Waals surface area (Å²) in [4.78, 5) is 21.9. The van der Waals surface area contributed by atoms with Crippen molar-refractivity contribution >= 4 is 39.2 Å². The van der Waals surface area contributed by atoms with E-state index in [1.165, 1.54) is 12.1 Å². The van der Waals surface area contributed by atoms with Crippen molar-refractivity contribution < 1.29 is 14.7 Å². The van der Waals surface area contributed by atoms with Gasteiger partial charge in [-0.15, -0.1) is 0 Å². The molecule has 0 unspecified atom stereocenters. The molecular weight excluding hydrogens is 324 g/mol. The number of halogens is 1. The predicted molar refractivity (Wildman–Crippen MR) is 79.3 cm³/mol. The molecule has 0 aliphatic carbocycles. The summed E-state index contributed by atoms with van der Waals surface area (Å²) in [5, 5.41) is 11.9. The SMILES string of the molecule is NC(=O)c1ccc(Nc2ccc(C(=O)O)cc2)cc1Br. The van der Waals surface area contributed by atoms with Gasteiger partial charge in [0.1, 0.15) is 0 Å². The monoisotopic (exact) mass is 334 g/mol. The third kappa shape index (κ3) is 3.16. The number of nitrogens with two attached hydrogens (primary N) is 1. The Morgan fingerprint density at radius 1 is 1.05 bits per heavy atom. The van der Waals surface area contributed by atoms with Crippen molar-refractivity contribution in [2.24, 2.45) is 5.73 Å². The van der Waals surface area contributed by atoms with Crippen molar-refractivity contribution in [3.63, 3.8) is 0 Å². The Balaban J connectivity index is 2.19. The van der Waals surface area contributed by atoms with E-state index in [1.54, 1.807) is 30.3 Å². The lowest BCUT2D eigenvalue weighted by Gasteiger charge is -2.08. The lowest BCUT2D eigenvalue weighted by atomic mass is 10.1. The third-order valence-corrected chi connectivity index (χ3v) is 3.31. The molecule has 20 heavy (non-hydrogen) atoms. The largest absolute Gasteiger partial charge is 0.478 e. The van der Waals surface area contributed by atoms with Crippen LogP contribution in [0.2, 0.25) is 0 Å². The second-order valence-electron chi connectivity index (χ2n) is 4.07. The van der Waals surface area contributed by atoms with Crippen molar-refractivity contribution in [3.05, 3.63) is 58.1 Å². The van der Waals surface area contributed by atoms with Gasteiger partial charge in [-0.05, 0) is 58.4 Å². The fourth-order valence-corrected chi connectivity index (χ4v) is 2.23. The third-order valence-electron chi connectivity index (χ3n) is 2.66. The standard InChI is InChI=1S/C14H11BrN2O3/c15-12-7-10(5-6-11(12)13(16)18)17-9-3-1-8(2-4-9)14(19)20/h1-7,17H,(H2,16,18)(H,19,20). The number of primary amides is 1. The first-order valence-electron chi connectivity index (χ1n) is 5.67. The summed E-state index contributed by atoms with van der Waals surface area (Å²) < 4.78 is 0.595. The zero-order chi connectivity index (χ0) is 14.7. The molecule has 5 nitrogen and oxygen atoms in total. The summed E-state index contributed by atoms with van der Waals surface area (Å²) in [5.41, 5.74) is 7.34. The maximum Gasteiger partial charge on any atom is 0.335 e. The lowest BCUT2D eigenvalue weighted by molar-refractivity contribution is 0.0696. The van der Waals surface area contributed by atoms with Gasteiger partial charge in [0.15, 0.2) is 0 Å². The number of benzene rings is 2. The van der Waals surface area contributed by atoms with Crippen LogP contribution in [0.3, 0.4) is 0 Å². The number of anilines is 2. The molecule has 0 saturated carbocycles. The smallest absolute Gasteiger partial charge is 0.335 e. The molecule has 102 valence electrons. The first kappa shape index (κ1) is 14.1. The van der Waals surface area contributed by atoms with Gasteiger partial charge >= 0.3 is 5.97 Å². The fraction of sp³-hybridized carbons (Fsp3) is 0. The van der Waals surface area contributed by atoms with Gasteiger partial charge in [0.2, 0.25) is 5.91 Å². The van der Waals surface area contributed by atoms with Crippen LogP contribution in [0.5, 0.6) is 0 Å². The Morgan fingerprint density at radius 3 is 2.15 bits per heavy atom. The predicted octanol–water partition coefficient (Wildman–Crippen LogP) is 2.99. The second-order valence-corrected chi connectivity index (χ2v) is 4.92. The highest BCUT2D eigenvalue weighted by atomic mass is 79.9. The van der Waals surface area contributed by atoms with E-state index in [2.05, 4.69) is 21.2 Å². The van der Waals surface area contributed by atoms with E-state index in [4.69, 9.17) is 10.8 Å². The number of amides is 1.